The summed E-state index contributed by atoms with van der Waals surface area (Å²) in [6, 6.07) is 2.51. The Morgan fingerprint density at radius 3 is 3.00 bits per heavy atom. The van der Waals surface area contributed by atoms with E-state index in [1.807, 2.05) is 13.8 Å². The maximum Gasteiger partial charge on any atom is 0.143 e. The Morgan fingerprint density at radius 2 is 2.20 bits per heavy atom. The van der Waals surface area contributed by atoms with E-state index in [9.17, 15) is 5.11 Å². The number of rotatable bonds is 3. The molecule has 2 N–H and O–H groups in total. The summed E-state index contributed by atoms with van der Waals surface area (Å²) in [5, 5.41) is 10.4. The third kappa shape index (κ3) is 2.38. The minimum Gasteiger partial charge on any atom is -0.396 e. The van der Waals surface area contributed by atoms with Gasteiger partial charge in [-0.05, 0) is 45.6 Å². The molecule has 3 heterocycles. The first kappa shape index (κ1) is 13.4. The lowest BCUT2D eigenvalue weighted by Crippen LogP contribution is -2.40. The number of aromatic amines is 1. The number of fused-ring (bicyclic) bond motifs is 1. The first-order valence-corrected chi connectivity index (χ1v) is 7.40. The van der Waals surface area contributed by atoms with Gasteiger partial charge in [0.25, 0.3) is 0 Å². The fourth-order valence-electron chi connectivity index (χ4n) is 3.18. The summed E-state index contributed by atoms with van der Waals surface area (Å²) in [7, 11) is 0. The number of aliphatic hydroxyl groups excluding tert-OH is 1. The van der Waals surface area contributed by atoms with Crippen molar-refractivity contribution in [3.8, 4) is 0 Å². The van der Waals surface area contributed by atoms with Crippen LogP contribution in [0.5, 0.6) is 0 Å². The highest BCUT2D eigenvalue weighted by Crippen LogP contribution is 2.30. The smallest absolute Gasteiger partial charge is 0.143 e. The fraction of sp³-hybridized carbons (Fsp3) is 0.600. The molecule has 1 aliphatic heterocycles. The van der Waals surface area contributed by atoms with E-state index in [4.69, 9.17) is 0 Å². The van der Waals surface area contributed by atoms with Crippen molar-refractivity contribution in [1.29, 1.82) is 0 Å². The molecule has 1 saturated heterocycles. The molecular formula is C15H22N4O. The largest absolute Gasteiger partial charge is 0.396 e. The van der Waals surface area contributed by atoms with Crippen LogP contribution in [0.3, 0.4) is 0 Å². The molecule has 2 aromatic heterocycles. The molecule has 5 heteroatoms. The third-order valence-corrected chi connectivity index (χ3v) is 4.08. The Hall–Kier alpha value is -1.62. The molecule has 0 saturated carbocycles. The van der Waals surface area contributed by atoms with E-state index >= 15 is 0 Å². The number of hydrogen-bond acceptors (Lipinski definition) is 4. The number of aryl methyl sites for hydroxylation is 2. The van der Waals surface area contributed by atoms with Crippen LogP contribution >= 0.6 is 0 Å². The summed E-state index contributed by atoms with van der Waals surface area (Å²) in [5.41, 5.74) is 2.02. The number of hydrogen-bond donors (Lipinski definition) is 2. The minimum atomic E-state index is 0.237. The van der Waals surface area contributed by atoms with E-state index in [1.54, 1.807) is 0 Å². The maximum absolute atomic E-state index is 9.29. The van der Waals surface area contributed by atoms with Gasteiger partial charge < -0.3 is 15.0 Å². The normalized spacial score (nSPS) is 19.8. The highest BCUT2D eigenvalue weighted by molar-refractivity contribution is 5.88. The van der Waals surface area contributed by atoms with Gasteiger partial charge in [-0.3, -0.25) is 0 Å². The molecule has 5 nitrogen and oxygen atoms in total. The van der Waals surface area contributed by atoms with Crippen LogP contribution in [0.25, 0.3) is 11.0 Å². The number of aromatic nitrogens is 3. The van der Waals surface area contributed by atoms with Gasteiger partial charge in [0.15, 0.2) is 0 Å². The van der Waals surface area contributed by atoms with E-state index in [1.165, 1.54) is 12.8 Å². The summed E-state index contributed by atoms with van der Waals surface area (Å²) >= 11 is 0. The number of nitrogens with zero attached hydrogens (tertiary/aromatic N) is 3. The predicted molar refractivity (Wildman–Crippen MR) is 80.1 cm³/mol. The van der Waals surface area contributed by atoms with Crippen LogP contribution in [-0.2, 0) is 0 Å². The summed E-state index contributed by atoms with van der Waals surface area (Å²) < 4.78 is 0. The second-order valence-corrected chi connectivity index (χ2v) is 5.66. The van der Waals surface area contributed by atoms with Gasteiger partial charge in [0.2, 0.25) is 0 Å². The molecule has 0 aliphatic carbocycles. The number of H-pyrrole nitrogens is 1. The van der Waals surface area contributed by atoms with Crippen LogP contribution in [0.2, 0.25) is 0 Å². The molecule has 2 aromatic rings. The zero-order valence-corrected chi connectivity index (χ0v) is 12.2. The average Bonchev–Trinajstić information content (AvgIpc) is 2.79. The Kier molecular flexibility index (Phi) is 3.61. The summed E-state index contributed by atoms with van der Waals surface area (Å²) in [4.78, 5) is 14.8. The Balaban J connectivity index is 2.06. The second kappa shape index (κ2) is 5.40. The van der Waals surface area contributed by atoms with Crippen molar-refractivity contribution < 1.29 is 5.11 Å². The van der Waals surface area contributed by atoms with E-state index < -0.39 is 0 Å². The summed E-state index contributed by atoms with van der Waals surface area (Å²) in [6.07, 6.45) is 4.37. The predicted octanol–water partition coefficient (Wildman–Crippen LogP) is 2.32. The van der Waals surface area contributed by atoms with Crippen LogP contribution in [0.1, 0.15) is 37.2 Å². The lowest BCUT2D eigenvalue weighted by atomic mass is 9.99. The number of aliphatic hydroxyl groups is 1. The van der Waals surface area contributed by atoms with Crippen molar-refractivity contribution in [2.45, 2.75) is 45.6 Å². The minimum absolute atomic E-state index is 0.237. The highest BCUT2D eigenvalue weighted by Gasteiger charge is 2.25. The van der Waals surface area contributed by atoms with Crippen LogP contribution < -0.4 is 4.90 Å². The molecule has 0 aromatic carbocycles. The first-order chi connectivity index (χ1) is 9.69. The van der Waals surface area contributed by atoms with Gasteiger partial charge >= 0.3 is 0 Å². The maximum atomic E-state index is 9.29. The van der Waals surface area contributed by atoms with Gasteiger partial charge in [0.1, 0.15) is 17.3 Å². The fourth-order valence-corrected chi connectivity index (χ4v) is 3.18. The molecule has 0 bridgehead atoms. The van der Waals surface area contributed by atoms with Gasteiger partial charge in [-0.15, -0.1) is 0 Å². The molecule has 20 heavy (non-hydrogen) atoms. The van der Waals surface area contributed by atoms with Gasteiger partial charge in [0.05, 0.1) is 5.39 Å². The van der Waals surface area contributed by atoms with E-state index in [-0.39, 0.29) is 6.61 Å². The summed E-state index contributed by atoms with van der Waals surface area (Å²) in [5.74, 6) is 1.82. The quantitative estimate of drug-likeness (QED) is 0.901. The average molecular weight is 274 g/mol. The van der Waals surface area contributed by atoms with Gasteiger partial charge in [0, 0.05) is 24.9 Å². The van der Waals surface area contributed by atoms with Crippen LogP contribution in [-0.4, -0.2) is 39.3 Å². The number of anilines is 1. The van der Waals surface area contributed by atoms with Crippen molar-refractivity contribution in [1.82, 2.24) is 15.0 Å². The third-order valence-electron chi connectivity index (χ3n) is 4.08. The van der Waals surface area contributed by atoms with Crippen molar-refractivity contribution in [2.24, 2.45) is 0 Å². The molecule has 3 rings (SSSR count). The zero-order chi connectivity index (χ0) is 14.1. The molecular weight excluding hydrogens is 252 g/mol. The summed E-state index contributed by atoms with van der Waals surface area (Å²) in [6.45, 7) is 5.23. The monoisotopic (exact) mass is 274 g/mol. The topological polar surface area (TPSA) is 65.0 Å². The molecule has 1 unspecified atom stereocenters. The van der Waals surface area contributed by atoms with Crippen molar-refractivity contribution >= 4 is 16.9 Å². The molecule has 0 radical (unpaired) electrons. The lowest BCUT2D eigenvalue weighted by molar-refractivity contribution is 0.262. The van der Waals surface area contributed by atoms with Crippen molar-refractivity contribution in [2.75, 3.05) is 18.1 Å². The molecule has 1 atom stereocenters. The van der Waals surface area contributed by atoms with Gasteiger partial charge in [-0.2, -0.15) is 0 Å². The van der Waals surface area contributed by atoms with Gasteiger partial charge in [-0.1, -0.05) is 0 Å². The van der Waals surface area contributed by atoms with Crippen LogP contribution in [0.15, 0.2) is 6.07 Å². The lowest BCUT2D eigenvalue weighted by Gasteiger charge is -2.36. The van der Waals surface area contributed by atoms with E-state index in [0.29, 0.717) is 6.04 Å². The SMILES string of the molecule is Cc1nc(N2CCCCC2CCO)c2cc(C)[nH]c2n1. The van der Waals surface area contributed by atoms with E-state index in [0.717, 1.165) is 47.8 Å². The number of piperidine rings is 1. The Labute approximate surface area is 119 Å². The molecule has 0 spiro atoms. The first-order valence-electron chi connectivity index (χ1n) is 7.40. The number of nitrogens with one attached hydrogen (secondary N) is 1. The highest BCUT2D eigenvalue weighted by atomic mass is 16.3. The molecule has 1 aliphatic rings. The Bertz CT molecular complexity index is 605. The van der Waals surface area contributed by atoms with Crippen molar-refractivity contribution in [3.63, 3.8) is 0 Å². The molecule has 108 valence electrons. The molecule has 0 amide bonds. The van der Waals surface area contributed by atoms with Crippen LogP contribution in [0.4, 0.5) is 5.82 Å². The standard InChI is InChI=1S/C15H22N4O/c1-10-9-13-14(16-10)17-11(2)18-15(13)19-7-4-3-5-12(19)6-8-20/h9,12,20H,3-8H2,1-2H3,(H,16,17,18). The van der Waals surface area contributed by atoms with E-state index in [2.05, 4.69) is 25.9 Å². The van der Waals surface area contributed by atoms with Crippen LogP contribution in [0, 0.1) is 13.8 Å². The molecule has 1 fully saturated rings. The second-order valence-electron chi connectivity index (χ2n) is 5.66. The Morgan fingerprint density at radius 1 is 1.35 bits per heavy atom. The zero-order valence-electron chi connectivity index (χ0n) is 12.2. The van der Waals surface area contributed by atoms with Crippen molar-refractivity contribution in [3.05, 3.63) is 17.6 Å². The van der Waals surface area contributed by atoms with Gasteiger partial charge in [-0.25, -0.2) is 9.97 Å².